The molecule has 1 atom stereocenters. The Morgan fingerprint density at radius 3 is 2.93 bits per heavy atom. The lowest BCUT2D eigenvalue weighted by Gasteiger charge is -2.16. The fourth-order valence-corrected chi connectivity index (χ4v) is 2.11. The van der Waals surface area contributed by atoms with Gasteiger partial charge in [-0.1, -0.05) is 0 Å². The molecule has 4 nitrogen and oxygen atoms in total. The van der Waals surface area contributed by atoms with Gasteiger partial charge in [0.1, 0.15) is 5.82 Å². The van der Waals surface area contributed by atoms with Crippen LogP contribution >= 0.6 is 11.5 Å². The van der Waals surface area contributed by atoms with E-state index in [9.17, 15) is 0 Å². The molecule has 2 rings (SSSR count). The van der Waals surface area contributed by atoms with Gasteiger partial charge in [0.25, 0.3) is 0 Å². The first-order valence-electron chi connectivity index (χ1n) is 4.97. The van der Waals surface area contributed by atoms with Crippen LogP contribution < -0.4 is 10.6 Å². The van der Waals surface area contributed by atoms with E-state index >= 15 is 0 Å². The zero-order chi connectivity index (χ0) is 10.1. The van der Waals surface area contributed by atoms with Crippen molar-refractivity contribution in [1.29, 1.82) is 0 Å². The topological polar surface area (TPSA) is 55.0 Å². The molecular formula is C9H16N4S. The molecular weight excluding hydrogens is 196 g/mol. The third-order valence-electron chi connectivity index (χ3n) is 2.26. The summed E-state index contributed by atoms with van der Waals surface area (Å²) in [7, 11) is 2.01. The van der Waals surface area contributed by atoms with Gasteiger partial charge in [-0.15, -0.1) is 0 Å². The Bertz CT molecular complexity index is 306. The van der Waals surface area contributed by atoms with Crippen LogP contribution in [0, 0.1) is 0 Å². The first-order valence-corrected chi connectivity index (χ1v) is 5.74. The van der Waals surface area contributed by atoms with Crippen molar-refractivity contribution in [3.8, 4) is 0 Å². The maximum atomic E-state index is 5.72. The monoisotopic (exact) mass is 212 g/mol. The van der Waals surface area contributed by atoms with Crippen LogP contribution in [0.1, 0.15) is 31.5 Å². The van der Waals surface area contributed by atoms with E-state index < -0.39 is 0 Å². The maximum absolute atomic E-state index is 5.72. The average molecular weight is 212 g/mol. The van der Waals surface area contributed by atoms with Gasteiger partial charge in [-0.05, 0) is 19.8 Å². The molecule has 1 aromatic heterocycles. The summed E-state index contributed by atoms with van der Waals surface area (Å²) < 4.78 is 4.35. The number of aromatic nitrogens is 2. The number of nitrogens with two attached hydrogens (primary N) is 1. The van der Waals surface area contributed by atoms with Crippen molar-refractivity contribution < 1.29 is 0 Å². The van der Waals surface area contributed by atoms with Gasteiger partial charge < -0.3 is 10.6 Å². The molecule has 0 amide bonds. The first kappa shape index (κ1) is 9.86. The molecule has 1 aromatic rings. The molecule has 2 N–H and O–H groups in total. The molecule has 1 heterocycles. The third-order valence-corrected chi connectivity index (χ3v) is 3.11. The molecule has 0 saturated heterocycles. The lowest BCUT2D eigenvalue weighted by molar-refractivity contribution is 0.715. The molecule has 0 aliphatic heterocycles. The van der Waals surface area contributed by atoms with Gasteiger partial charge >= 0.3 is 0 Å². The van der Waals surface area contributed by atoms with Crippen LogP contribution in [0.3, 0.4) is 0 Å². The van der Waals surface area contributed by atoms with Crippen molar-refractivity contribution in [2.24, 2.45) is 5.73 Å². The molecule has 0 aromatic carbocycles. The number of anilines is 1. The summed E-state index contributed by atoms with van der Waals surface area (Å²) in [5.41, 5.74) is 5.72. The Morgan fingerprint density at radius 2 is 2.36 bits per heavy atom. The second kappa shape index (κ2) is 3.82. The Balaban J connectivity index is 2.00. The normalized spacial score (nSPS) is 18.2. The highest BCUT2D eigenvalue weighted by atomic mass is 32.1. The molecule has 0 radical (unpaired) electrons. The summed E-state index contributed by atoms with van der Waals surface area (Å²) >= 11 is 1.48. The summed E-state index contributed by atoms with van der Waals surface area (Å²) in [6, 6.07) is 0.174. The highest BCUT2D eigenvalue weighted by molar-refractivity contribution is 7.09. The lowest BCUT2D eigenvalue weighted by Crippen LogP contribution is -2.32. The molecule has 1 saturated carbocycles. The minimum absolute atomic E-state index is 0.174. The van der Waals surface area contributed by atoms with Crippen LogP contribution in [0.15, 0.2) is 0 Å². The van der Waals surface area contributed by atoms with Gasteiger partial charge in [0.15, 0.2) is 0 Å². The average Bonchev–Trinajstić information content (AvgIpc) is 2.82. The summed E-state index contributed by atoms with van der Waals surface area (Å²) in [5, 5.41) is 0.990. The van der Waals surface area contributed by atoms with E-state index in [-0.39, 0.29) is 6.04 Å². The van der Waals surface area contributed by atoms with Crippen molar-refractivity contribution in [2.75, 3.05) is 18.5 Å². The van der Waals surface area contributed by atoms with Gasteiger partial charge in [-0.2, -0.15) is 4.37 Å². The Hall–Kier alpha value is -0.680. The first-order chi connectivity index (χ1) is 6.66. The maximum Gasteiger partial charge on any atom is 0.205 e. The molecule has 0 spiro atoms. The summed E-state index contributed by atoms with van der Waals surface area (Å²) in [6.45, 7) is 2.83. The molecule has 1 fully saturated rings. The summed E-state index contributed by atoms with van der Waals surface area (Å²) in [5.74, 6) is 1.67. The quantitative estimate of drug-likeness (QED) is 0.814. The van der Waals surface area contributed by atoms with Crippen LogP contribution in [0.5, 0.6) is 0 Å². The van der Waals surface area contributed by atoms with E-state index in [4.69, 9.17) is 5.73 Å². The van der Waals surface area contributed by atoms with E-state index in [1.165, 1.54) is 24.4 Å². The van der Waals surface area contributed by atoms with Crippen molar-refractivity contribution in [1.82, 2.24) is 9.36 Å². The largest absolute Gasteiger partial charge is 0.348 e. The van der Waals surface area contributed by atoms with Gasteiger partial charge in [0.05, 0.1) is 0 Å². The number of rotatable bonds is 4. The second-order valence-corrected chi connectivity index (χ2v) is 4.80. The van der Waals surface area contributed by atoms with E-state index in [1.807, 2.05) is 14.0 Å². The SMILES string of the molecule is CC(N)CN(C)c1nc(C2CC2)ns1. The third kappa shape index (κ3) is 2.22. The number of hydrogen-bond acceptors (Lipinski definition) is 5. The minimum atomic E-state index is 0.174. The number of likely N-dealkylation sites (N-methyl/N-ethyl adjacent to an activating group) is 1. The fourth-order valence-electron chi connectivity index (χ4n) is 1.40. The predicted molar refractivity (Wildman–Crippen MR) is 58.8 cm³/mol. The predicted octanol–water partition coefficient (Wildman–Crippen LogP) is 1.20. The molecule has 1 unspecified atom stereocenters. The van der Waals surface area contributed by atoms with E-state index in [0.717, 1.165) is 17.5 Å². The summed E-state index contributed by atoms with van der Waals surface area (Å²) in [4.78, 5) is 6.58. The van der Waals surface area contributed by atoms with Gasteiger partial charge in [0, 0.05) is 37.1 Å². The molecule has 14 heavy (non-hydrogen) atoms. The molecule has 1 aliphatic rings. The highest BCUT2D eigenvalue weighted by Crippen LogP contribution is 2.39. The Morgan fingerprint density at radius 1 is 1.64 bits per heavy atom. The highest BCUT2D eigenvalue weighted by Gasteiger charge is 2.28. The summed E-state index contributed by atoms with van der Waals surface area (Å²) in [6.07, 6.45) is 2.51. The molecule has 78 valence electrons. The van der Waals surface area contributed by atoms with Gasteiger partial charge in [-0.25, -0.2) is 4.98 Å². The van der Waals surface area contributed by atoms with Crippen LogP contribution in [0.4, 0.5) is 5.13 Å². The zero-order valence-corrected chi connectivity index (χ0v) is 9.42. The second-order valence-electron chi connectivity index (χ2n) is 4.07. The van der Waals surface area contributed by atoms with Crippen molar-refractivity contribution in [3.05, 3.63) is 5.82 Å². The molecule has 5 heteroatoms. The molecule has 0 bridgehead atoms. The van der Waals surface area contributed by atoms with Crippen LogP contribution in [-0.2, 0) is 0 Å². The van der Waals surface area contributed by atoms with Crippen LogP contribution in [0.25, 0.3) is 0 Å². The van der Waals surface area contributed by atoms with E-state index in [0.29, 0.717) is 5.92 Å². The lowest BCUT2D eigenvalue weighted by atomic mass is 10.3. The van der Waals surface area contributed by atoms with Crippen LogP contribution in [-0.4, -0.2) is 29.0 Å². The smallest absolute Gasteiger partial charge is 0.205 e. The van der Waals surface area contributed by atoms with Gasteiger partial charge in [-0.3, -0.25) is 0 Å². The fraction of sp³-hybridized carbons (Fsp3) is 0.778. The number of nitrogens with zero attached hydrogens (tertiary/aromatic N) is 3. The zero-order valence-electron chi connectivity index (χ0n) is 8.60. The number of hydrogen-bond donors (Lipinski definition) is 1. The minimum Gasteiger partial charge on any atom is -0.348 e. The Kier molecular flexibility index (Phi) is 2.69. The van der Waals surface area contributed by atoms with Crippen molar-refractivity contribution >= 4 is 16.7 Å². The van der Waals surface area contributed by atoms with Crippen molar-refractivity contribution in [3.63, 3.8) is 0 Å². The standard InChI is InChI=1S/C9H16N4S/c1-6(10)5-13(2)9-11-8(12-14-9)7-3-4-7/h6-7H,3-5,10H2,1-2H3. The van der Waals surface area contributed by atoms with E-state index in [2.05, 4.69) is 14.3 Å². The molecule has 1 aliphatic carbocycles. The van der Waals surface area contributed by atoms with Crippen LogP contribution in [0.2, 0.25) is 0 Å². The van der Waals surface area contributed by atoms with Gasteiger partial charge in [0.2, 0.25) is 5.13 Å². The Labute approximate surface area is 88.3 Å². The van der Waals surface area contributed by atoms with Crippen molar-refractivity contribution in [2.45, 2.75) is 31.7 Å². The van der Waals surface area contributed by atoms with E-state index in [1.54, 1.807) is 0 Å².